The summed E-state index contributed by atoms with van der Waals surface area (Å²) in [5, 5.41) is 24.5. The minimum atomic E-state index is -4.82. The van der Waals surface area contributed by atoms with Crippen LogP contribution in [-0.4, -0.2) is 71.4 Å². The standard InChI is InChI=1S/C36H41F4N3O5/c1-23-35(32(46)47,18-21-43-19-16-34(17-20-43,25-11-5-3-6-12-25)26-13-7-4-8-14-26)28(33(2,31(44)45)30(41)42-23)24-10-9-15-27(22-24)48-36(39,40)29(37)38/h3-15,22-23,28-30,42H,16-21,41H2,1-2H3,(H,44,45)(H,46,47). The third-order valence-electron chi connectivity index (χ3n) is 10.7. The summed E-state index contributed by atoms with van der Waals surface area (Å²) in [7, 11) is 0. The van der Waals surface area contributed by atoms with Crippen molar-refractivity contribution in [3.05, 3.63) is 102 Å². The van der Waals surface area contributed by atoms with Crippen LogP contribution < -0.4 is 15.8 Å². The minimum absolute atomic E-state index is 0.0152. The molecule has 5 unspecified atom stereocenters. The number of hydrogen-bond acceptors (Lipinski definition) is 6. The highest BCUT2D eigenvalue weighted by Gasteiger charge is 2.65. The number of piperidine rings is 2. The fourth-order valence-corrected chi connectivity index (χ4v) is 7.95. The molecule has 258 valence electrons. The van der Waals surface area contributed by atoms with Crippen LogP contribution >= 0.6 is 0 Å². The molecule has 0 radical (unpaired) electrons. The lowest BCUT2D eigenvalue weighted by molar-refractivity contribution is -0.253. The van der Waals surface area contributed by atoms with Crippen molar-refractivity contribution >= 4 is 11.9 Å². The van der Waals surface area contributed by atoms with Gasteiger partial charge in [-0.05, 0) is 81.6 Å². The van der Waals surface area contributed by atoms with Crippen molar-refractivity contribution in [2.45, 2.75) is 69.2 Å². The molecule has 5 rings (SSSR count). The second-order valence-electron chi connectivity index (χ2n) is 13.2. The van der Waals surface area contributed by atoms with Crippen molar-refractivity contribution in [2.75, 3.05) is 19.6 Å². The summed E-state index contributed by atoms with van der Waals surface area (Å²) < 4.78 is 58.0. The predicted molar refractivity (Wildman–Crippen MR) is 171 cm³/mol. The van der Waals surface area contributed by atoms with Crippen molar-refractivity contribution in [3.63, 3.8) is 0 Å². The van der Waals surface area contributed by atoms with E-state index in [4.69, 9.17) is 5.73 Å². The van der Waals surface area contributed by atoms with Gasteiger partial charge < -0.3 is 25.6 Å². The van der Waals surface area contributed by atoms with E-state index in [-0.39, 0.29) is 17.4 Å². The van der Waals surface area contributed by atoms with E-state index in [0.717, 1.165) is 25.0 Å². The van der Waals surface area contributed by atoms with E-state index in [0.29, 0.717) is 19.6 Å². The molecule has 2 heterocycles. The SMILES string of the molecule is CC1NC(N)C(C)(C(=O)O)C(c2cccc(OC(F)(F)C(F)F)c2)C1(CCN1CCC(c2ccccc2)(c2ccccc2)CC1)C(=O)O. The Balaban J connectivity index is 1.49. The lowest BCUT2D eigenvalue weighted by Crippen LogP contribution is -2.72. The summed E-state index contributed by atoms with van der Waals surface area (Å²) in [4.78, 5) is 28.6. The van der Waals surface area contributed by atoms with Crippen LogP contribution in [0, 0.1) is 10.8 Å². The summed E-state index contributed by atoms with van der Waals surface area (Å²) in [6, 6.07) is 24.3. The Bertz CT molecular complexity index is 1550. The number of nitrogens with one attached hydrogen (secondary N) is 1. The topological polar surface area (TPSA) is 125 Å². The van der Waals surface area contributed by atoms with Gasteiger partial charge in [0.2, 0.25) is 0 Å². The third kappa shape index (κ3) is 6.17. The number of hydrogen-bond donors (Lipinski definition) is 4. The second kappa shape index (κ2) is 13.5. The van der Waals surface area contributed by atoms with E-state index in [1.54, 1.807) is 6.92 Å². The first-order chi connectivity index (χ1) is 22.7. The van der Waals surface area contributed by atoms with Gasteiger partial charge in [0, 0.05) is 17.4 Å². The lowest BCUT2D eigenvalue weighted by atomic mass is 9.52. The van der Waals surface area contributed by atoms with Gasteiger partial charge in [0.15, 0.2) is 0 Å². The number of carboxylic acid groups (broad SMARTS) is 2. The van der Waals surface area contributed by atoms with Gasteiger partial charge in [-0.3, -0.25) is 14.9 Å². The van der Waals surface area contributed by atoms with Crippen molar-refractivity contribution in [2.24, 2.45) is 16.6 Å². The Labute approximate surface area is 276 Å². The number of nitrogens with two attached hydrogens (primary N) is 1. The number of carbonyl (C=O) groups is 2. The molecule has 12 heteroatoms. The van der Waals surface area contributed by atoms with Crippen LogP contribution in [0.1, 0.15) is 55.7 Å². The molecule has 2 fully saturated rings. The van der Waals surface area contributed by atoms with Gasteiger partial charge in [0.1, 0.15) is 11.2 Å². The van der Waals surface area contributed by atoms with E-state index in [9.17, 15) is 37.4 Å². The zero-order valence-electron chi connectivity index (χ0n) is 26.8. The van der Waals surface area contributed by atoms with Crippen molar-refractivity contribution in [1.82, 2.24) is 10.2 Å². The van der Waals surface area contributed by atoms with Crippen molar-refractivity contribution < 1.29 is 42.1 Å². The summed E-state index contributed by atoms with van der Waals surface area (Å²) in [6.45, 7) is 4.48. The molecule has 0 amide bonds. The van der Waals surface area contributed by atoms with Crippen LogP contribution in [0.3, 0.4) is 0 Å². The summed E-state index contributed by atoms with van der Waals surface area (Å²) in [6.07, 6.45) is -8.68. The van der Waals surface area contributed by atoms with E-state index in [1.165, 1.54) is 30.2 Å². The molecule has 2 aliphatic heterocycles. The number of rotatable bonds is 11. The maximum Gasteiger partial charge on any atom is 0.461 e. The highest BCUT2D eigenvalue weighted by atomic mass is 19.3. The second-order valence-corrected chi connectivity index (χ2v) is 13.2. The maximum absolute atomic E-state index is 13.9. The Kier molecular flexibility index (Phi) is 9.92. The molecule has 2 aliphatic rings. The largest absolute Gasteiger partial charge is 0.481 e. The smallest absolute Gasteiger partial charge is 0.461 e. The van der Waals surface area contributed by atoms with E-state index in [2.05, 4.69) is 39.2 Å². The van der Waals surface area contributed by atoms with Crippen LogP contribution in [0.2, 0.25) is 0 Å². The quantitative estimate of drug-likeness (QED) is 0.185. The average Bonchev–Trinajstić information content (AvgIpc) is 3.06. The first kappa shape index (κ1) is 35.3. The van der Waals surface area contributed by atoms with Crippen LogP contribution in [-0.2, 0) is 15.0 Å². The fraction of sp³-hybridized carbons (Fsp3) is 0.444. The van der Waals surface area contributed by atoms with Crippen LogP contribution in [0.4, 0.5) is 17.6 Å². The number of nitrogens with zero attached hydrogens (tertiary/aromatic N) is 1. The summed E-state index contributed by atoms with van der Waals surface area (Å²) >= 11 is 0. The zero-order valence-corrected chi connectivity index (χ0v) is 26.8. The first-order valence-corrected chi connectivity index (χ1v) is 16.0. The molecule has 2 saturated heterocycles. The summed E-state index contributed by atoms with van der Waals surface area (Å²) in [5.41, 5.74) is 4.77. The molecule has 0 bridgehead atoms. The van der Waals surface area contributed by atoms with Crippen molar-refractivity contribution in [3.8, 4) is 5.75 Å². The minimum Gasteiger partial charge on any atom is -0.481 e. The van der Waals surface area contributed by atoms with Gasteiger partial charge in [-0.2, -0.15) is 17.6 Å². The predicted octanol–water partition coefficient (Wildman–Crippen LogP) is 5.92. The van der Waals surface area contributed by atoms with Gasteiger partial charge in [-0.25, -0.2) is 0 Å². The number of halogens is 4. The molecule has 3 aromatic carbocycles. The monoisotopic (exact) mass is 671 g/mol. The molecular weight excluding hydrogens is 630 g/mol. The molecule has 0 saturated carbocycles. The Morgan fingerprint density at radius 2 is 1.52 bits per heavy atom. The van der Waals surface area contributed by atoms with Gasteiger partial charge in [0.25, 0.3) is 0 Å². The first-order valence-electron chi connectivity index (χ1n) is 16.0. The van der Waals surface area contributed by atoms with E-state index in [1.807, 2.05) is 36.4 Å². The average molecular weight is 672 g/mol. The molecule has 8 nitrogen and oxygen atoms in total. The molecular formula is C36H41F4N3O5. The van der Waals surface area contributed by atoms with E-state index < -0.39 is 59.2 Å². The Morgan fingerprint density at radius 3 is 2.02 bits per heavy atom. The van der Waals surface area contributed by atoms with E-state index >= 15 is 0 Å². The lowest BCUT2D eigenvalue weighted by Gasteiger charge is -2.56. The third-order valence-corrected chi connectivity index (χ3v) is 10.7. The van der Waals surface area contributed by atoms with Crippen LogP contribution in [0.25, 0.3) is 0 Å². The van der Waals surface area contributed by atoms with Gasteiger partial charge in [-0.15, -0.1) is 0 Å². The molecule has 5 N–H and O–H groups in total. The van der Waals surface area contributed by atoms with Crippen molar-refractivity contribution in [1.29, 1.82) is 0 Å². The molecule has 3 aromatic rings. The molecule has 5 atom stereocenters. The number of carboxylic acids is 2. The number of ether oxygens (including phenoxy) is 1. The highest BCUT2D eigenvalue weighted by Crippen LogP contribution is 2.57. The van der Waals surface area contributed by atoms with Gasteiger partial charge in [0.05, 0.1) is 11.6 Å². The van der Waals surface area contributed by atoms with Crippen LogP contribution in [0.5, 0.6) is 5.75 Å². The Hall–Kier alpha value is -4.00. The maximum atomic E-state index is 13.9. The Morgan fingerprint density at radius 1 is 0.958 bits per heavy atom. The highest BCUT2D eigenvalue weighted by molar-refractivity contribution is 5.84. The molecule has 0 spiro atoms. The number of benzene rings is 3. The normalized spacial score (nSPS) is 27.8. The molecule has 48 heavy (non-hydrogen) atoms. The number of aliphatic carboxylic acids is 2. The van der Waals surface area contributed by atoms with Crippen LogP contribution in [0.15, 0.2) is 84.9 Å². The summed E-state index contributed by atoms with van der Waals surface area (Å²) in [5.74, 6) is -4.72. The molecule has 0 aliphatic carbocycles. The number of likely N-dealkylation sites (tertiary alicyclic amines) is 1. The zero-order chi connectivity index (χ0) is 34.9. The molecule has 0 aromatic heterocycles. The fourth-order valence-electron chi connectivity index (χ4n) is 7.95. The number of alkyl halides is 4. The van der Waals surface area contributed by atoms with Gasteiger partial charge >= 0.3 is 24.5 Å². The van der Waals surface area contributed by atoms with Gasteiger partial charge in [-0.1, -0.05) is 72.8 Å².